The molecule has 0 amide bonds. The van der Waals surface area contributed by atoms with Gasteiger partial charge in [0.05, 0.1) is 6.10 Å². The number of aliphatic carboxylic acids is 1. The van der Waals surface area contributed by atoms with Crippen molar-refractivity contribution in [1.82, 2.24) is 5.32 Å². The summed E-state index contributed by atoms with van der Waals surface area (Å²) in [5.74, 6) is -0.862. The summed E-state index contributed by atoms with van der Waals surface area (Å²) in [6.45, 7) is 3.92. The summed E-state index contributed by atoms with van der Waals surface area (Å²) in [4.78, 5) is 10.7. The number of carboxylic acids is 1. The molecule has 0 aliphatic carbocycles. The number of aliphatic hydroxyl groups excluding tert-OH is 1. The third-order valence-corrected chi connectivity index (χ3v) is 3.06. The Morgan fingerprint density at radius 1 is 1.32 bits per heavy atom. The predicted octanol–water partition coefficient (Wildman–Crippen LogP) is 2.60. The molecule has 0 spiro atoms. The minimum Gasteiger partial charge on any atom is -0.481 e. The Hall–Kier alpha value is -1.10. The molecule has 0 heterocycles. The fourth-order valence-corrected chi connectivity index (χ4v) is 2.06. The maximum absolute atomic E-state index is 10.7. The largest absolute Gasteiger partial charge is 0.481 e. The van der Waals surface area contributed by atoms with E-state index in [2.05, 4.69) is 5.32 Å². The third-order valence-electron chi connectivity index (χ3n) is 2.81. The summed E-state index contributed by atoms with van der Waals surface area (Å²) in [6, 6.07) is 6.80. The summed E-state index contributed by atoms with van der Waals surface area (Å²) in [5, 5.41) is 22.9. The van der Waals surface area contributed by atoms with Gasteiger partial charge in [0, 0.05) is 23.5 Å². The number of benzene rings is 1. The van der Waals surface area contributed by atoms with Gasteiger partial charge in [0.25, 0.3) is 0 Å². The second-order valence-corrected chi connectivity index (χ2v) is 5.29. The van der Waals surface area contributed by atoms with Gasteiger partial charge in [0.2, 0.25) is 0 Å². The first-order valence-electron chi connectivity index (χ1n) is 6.31. The lowest BCUT2D eigenvalue weighted by Gasteiger charge is -2.26. The molecule has 0 aromatic heterocycles. The van der Waals surface area contributed by atoms with E-state index in [1.807, 2.05) is 13.8 Å². The highest BCUT2D eigenvalue weighted by Gasteiger charge is 2.22. The molecule has 3 N–H and O–H groups in total. The summed E-state index contributed by atoms with van der Waals surface area (Å²) in [5.41, 5.74) is 0.730. The van der Waals surface area contributed by atoms with Crippen LogP contribution in [0.2, 0.25) is 5.02 Å². The minimum atomic E-state index is -0.862. The van der Waals surface area contributed by atoms with E-state index in [1.54, 1.807) is 24.3 Å². The fourth-order valence-electron chi connectivity index (χ4n) is 1.93. The number of hydrogen-bond donors (Lipinski definition) is 3. The lowest BCUT2D eigenvalue weighted by Crippen LogP contribution is -2.39. The average molecular weight is 286 g/mol. The molecule has 106 valence electrons. The van der Waals surface area contributed by atoms with Gasteiger partial charge >= 0.3 is 5.97 Å². The van der Waals surface area contributed by atoms with Crippen molar-refractivity contribution in [1.29, 1.82) is 0 Å². The number of aliphatic hydroxyl groups is 1. The molecular weight excluding hydrogens is 266 g/mol. The van der Waals surface area contributed by atoms with Gasteiger partial charge in [-0.1, -0.05) is 37.6 Å². The smallest absolute Gasteiger partial charge is 0.303 e. The molecule has 0 aliphatic heterocycles. The van der Waals surface area contributed by atoms with Gasteiger partial charge in [0.15, 0.2) is 0 Å². The molecule has 1 aromatic rings. The first-order valence-corrected chi connectivity index (χ1v) is 6.69. The van der Waals surface area contributed by atoms with Gasteiger partial charge in [-0.3, -0.25) is 4.79 Å². The summed E-state index contributed by atoms with van der Waals surface area (Å²) in [7, 11) is 0. The van der Waals surface area contributed by atoms with Crippen LogP contribution in [0.4, 0.5) is 0 Å². The molecule has 0 fully saturated rings. The quantitative estimate of drug-likeness (QED) is 0.720. The Kier molecular flexibility index (Phi) is 6.28. The molecule has 0 radical (unpaired) electrons. The van der Waals surface area contributed by atoms with Crippen molar-refractivity contribution in [2.45, 2.75) is 44.9 Å². The number of nitrogens with one attached hydrogen (secondary N) is 1. The highest BCUT2D eigenvalue weighted by atomic mass is 35.5. The zero-order valence-electron chi connectivity index (χ0n) is 11.1. The highest BCUT2D eigenvalue weighted by Crippen LogP contribution is 2.22. The standard InChI is InChI=1S/C14H20ClNO3/c1-9(2)16-12(7-8-13(17)18)14(19)10-3-5-11(15)6-4-10/h3-6,9,12,14,16,19H,7-8H2,1-2H3,(H,17,18). The van der Waals surface area contributed by atoms with Crippen molar-refractivity contribution < 1.29 is 15.0 Å². The maximum atomic E-state index is 10.7. The summed E-state index contributed by atoms with van der Waals surface area (Å²) >= 11 is 5.81. The van der Waals surface area contributed by atoms with E-state index in [9.17, 15) is 9.90 Å². The topological polar surface area (TPSA) is 69.6 Å². The van der Waals surface area contributed by atoms with Crippen LogP contribution in [0.5, 0.6) is 0 Å². The molecule has 2 atom stereocenters. The maximum Gasteiger partial charge on any atom is 0.303 e. The van der Waals surface area contributed by atoms with Gasteiger partial charge in [-0.05, 0) is 24.1 Å². The molecule has 0 aliphatic rings. The van der Waals surface area contributed by atoms with Gasteiger partial charge in [-0.15, -0.1) is 0 Å². The van der Waals surface area contributed by atoms with E-state index in [0.717, 1.165) is 5.56 Å². The molecule has 0 bridgehead atoms. The normalized spacial score (nSPS) is 14.4. The zero-order valence-corrected chi connectivity index (χ0v) is 11.9. The van der Waals surface area contributed by atoms with E-state index in [0.29, 0.717) is 11.4 Å². The van der Waals surface area contributed by atoms with Crippen LogP contribution in [-0.4, -0.2) is 28.3 Å². The number of carboxylic acid groups (broad SMARTS) is 1. The van der Waals surface area contributed by atoms with Crippen LogP contribution in [0.1, 0.15) is 38.4 Å². The molecule has 1 rings (SSSR count). The number of carbonyl (C=O) groups is 1. The number of rotatable bonds is 7. The number of halogens is 1. The average Bonchev–Trinajstić information content (AvgIpc) is 2.34. The van der Waals surface area contributed by atoms with E-state index < -0.39 is 12.1 Å². The lowest BCUT2D eigenvalue weighted by atomic mass is 9.97. The summed E-state index contributed by atoms with van der Waals surface area (Å²) < 4.78 is 0. The molecular formula is C14H20ClNO3. The predicted molar refractivity (Wildman–Crippen MR) is 75.3 cm³/mol. The Bertz CT molecular complexity index is 406. The van der Waals surface area contributed by atoms with Gasteiger partial charge in [-0.2, -0.15) is 0 Å². The Balaban J connectivity index is 2.77. The van der Waals surface area contributed by atoms with E-state index >= 15 is 0 Å². The molecule has 0 saturated carbocycles. The molecule has 19 heavy (non-hydrogen) atoms. The van der Waals surface area contributed by atoms with Crippen molar-refractivity contribution >= 4 is 17.6 Å². The van der Waals surface area contributed by atoms with Crippen LogP contribution in [0.15, 0.2) is 24.3 Å². The monoisotopic (exact) mass is 285 g/mol. The van der Waals surface area contributed by atoms with E-state index in [-0.39, 0.29) is 18.5 Å². The van der Waals surface area contributed by atoms with E-state index in [4.69, 9.17) is 16.7 Å². The van der Waals surface area contributed by atoms with Gasteiger partial charge in [0.1, 0.15) is 0 Å². The summed E-state index contributed by atoms with van der Waals surface area (Å²) in [6.07, 6.45) is -0.356. The molecule has 5 heteroatoms. The van der Waals surface area contributed by atoms with Crippen molar-refractivity contribution in [3.05, 3.63) is 34.9 Å². The fraction of sp³-hybridized carbons (Fsp3) is 0.500. The Morgan fingerprint density at radius 3 is 2.37 bits per heavy atom. The van der Waals surface area contributed by atoms with Crippen LogP contribution in [0.3, 0.4) is 0 Å². The SMILES string of the molecule is CC(C)NC(CCC(=O)O)C(O)c1ccc(Cl)cc1. The second-order valence-electron chi connectivity index (χ2n) is 4.86. The zero-order chi connectivity index (χ0) is 14.4. The first kappa shape index (κ1) is 16.0. The lowest BCUT2D eigenvalue weighted by molar-refractivity contribution is -0.137. The molecule has 4 nitrogen and oxygen atoms in total. The Morgan fingerprint density at radius 2 is 1.89 bits per heavy atom. The van der Waals surface area contributed by atoms with Crippen molar-refractivity contribution in [2.24, 2.45) is 0 Å². The molecule has 1 aromatic carbocycles. The molecule has 0 saturated heterocycles. The van der Waals surface area contributed by atoms with Crippen LogP contribution in [0.25, 0.3) is 0 Å². The van der Waals surface area contributed by atoms with E-state index in [1.165, 1.54) is 0 Å². The van der Waals surface area contributed by atoms with Crippen molar-refractivity contribution in [3.8, 4) is 0 Å². The van der Waals surface area contributed by atoms with Gasteiger partial charge < -0.3 is 15.5 Å². The minimum absolute atomic E-state index is 0.0229. The van der Waals surface area contributed by atoms with Crippen LogP contribution in [0, 0.1) is 0 Å². The van der Waals surface area contributed by atoms with Crippen molar-refractivity contribution in [3.63, 3.8) is 0 Å². The number of hydrogen-bond acceptors (Lipinski definition) is 3. The van der Waals surface area contributed by atoms with Gasteiger partial charge in [-0.25, -0.2) is 0 Å². The van der Waals surface area contributed by atoms with Crippen LogP contribution < -0.4 is 5.32 Å². The van der Waals surface area contributed by atoms with Crippen LogP contribution in [-0.2, 0) is 4.79 Å². The molecule has 2 unspecified atom stereocenters. The first-order chi connectivity index (χ1) is 8.90. The Labute approximate surface area is 118 Å². The highest BCUT2D eigenvalue weighted by molar-refractivity contribution is 6.30. The second kappa shape index (κ2) is 7.48. The third kappa shape index (κ3) is 5.59. The van der Waals surface area contributed by atoms with Crippen molar-refractivity contribution in [2.75, 3.05) is 0 Å². The van der Waals surface area contributed by atoms with Crippen LogP contribution >= 0.6 is 11.6 Å².